The second-order valence-electron chi connectivity index (χ2n) is 5.93. The van der Waals surface area contributed by atoms with Gasteiger partial charge in [-0.25, -0.2) is 18.2 Å². The number of anilines is 1. The molecule has 3 rings (SSSR count). The number of urea groups is 1. The molecule has 0 aliphatic rings. The minimum atomic E-state index is -3.88. The molecule has 1 heterocycles. The van der Waals surface area contributed by atoms with Crippen LogP contribution in [0.5, 0.6) is 5.75 Å². The number of methoxy groups -OCH3 is 1. The van der Waals surface area contributed by atoms with Gasteiger partial charge in [0.05, 0.1) is 17.7 Å². The highest BCUT2D eigenvalue weighted by Gasteiger charge is 2.18. The zero-order chi connectivity index (χ0) is 21.7. The second-order valence-corrected chi connectivity index (χ2v) is 8.65. The van der Waals surface area contributed by atoms with Crippen LogP contribution in [0, 0.1) is 0 Å². The fourth-order valence-electron chi connectivity index (χ4n) is 2.48. The Labute approximate surface area is 176 Å². The number of hydrogen-bond acceptors (Lipinski definition) is 8. The van der Waals surface area contributed by atoms with Gasteiger partial charge >= 0.3 is 6.03 Å². The fourth-order valence-corrected chi connectivity index (χ4v) is 4.34. The Morgan fingerprint density at radius 2 is 2.00 bits per heavy atom. The lowest BCUT2D eigenvalue weighted by Crippen LogP contribution is -2.35. The number of nitrogens with two attached hydrogens (primary N) is 1. The lowest BCUT2D eigenvalue weighted by Gasteiger charge is -2.11. The van der Waals surface area contributed by atoms with Crippen LogP contribution in [0.3, 0.4) is 0 Å². The van der Waals surface area contributed by atoms with Crippen LogP contribution < -0.4 is 20.5 Å². The third-order valence-electron chi connectivity index (χ3n) is 3.82. The highest BCUT2D eigenvalue weighted by molar-refractivity contribution is 7.99. The Bertz CT molecular complexity index is 1190. The van der Waals surface area contributed by atoms with E-state index in [0.29, 0.717) is 28.3 Å². The number of amides is 3. The maximum absolute atomic E-state index is 12.7. The molecule has 10 nitrogen and oxygen atoms in total. The van der Waals surface area contributed by atoms with E-state index in [1.807, 2.05) is 5.32 Å². The summed E-state index contributed by atoms with van der Waals surface area (Å²) in [5.41, 5.74) is 5.93. The van der Waals surface area contributed by atoms with Crippen molar-refractivity contribution < 1.29 is 27.2 Å². The highest BCUT2D eigenvalue weighted by Crippen LogP contribution is 2.29. The van der Waals surface area contributed by atoms with Gasteiger partial charge in [0.25, 0.3) is 15.2 Å². The Kier molecular flexibility index (Phi) is 6.47. The van der Waals surface area contributed by atoms with E-state index in [2.05, 4.69) is 9.71 Å². The number of para-hydroxylation sites is 2. The summed E-state index contributed by atoms with van der Waals surface area (Å²) in [5.74, 6) is 0.177. The van der Waals surface area contributed by atoms with Gasteiger partial charge < -0.3 is 14.9 Å². The van der Waals surface area contributed by atoms with E-state index in [1.165, 1.54) is 25.3 Å². The van der Waals surface area contributed by atoms with E-state index in [0.717, 1.165) is 11.8 Å². The number of nitrogens with zero attached hydrogens (tertiary/aromatic N) is 1. The SMILES string of the molecule is COc1ccccc1NS(=O)(=O)c1ccc2oc(SCCC(=O)NC(N)=O)nc2c1. The van der Waals surface area contributed by atoms with Crippen LogP contribution >= 0.6 is 11.8 Å². The van der Waals surface area contributed by atoms with E-state index in [-0.39, 0.29) is 16.5 Å². The number of carbonyl (C=O) groups is 2. The van der Waals surface area contributed by atoms with Crippen LogP contribution in [-0.4, -0.2) is 38.2 Å². The largest absolute Gasteiger partial charge is 0.495 e. The number of ether oxygens (including phenoxy) is 1. The third kappa shape index (κ3) is 5.21. The van der Waals surface area contributed by atoms with E-state index in [1.54, 1.807) is 24.3 Å². The Hall–Kier alpha value is -3.25. The van der Waals surface area contributed by atoms with Crippen molar-refractivity contribution in [2.45, 2.75) is 16.5 Å². The molecule has 0 radical (unpaired) electrons. The lowest BCUT2D eigenvalue weighted by molar-refractivity contribution is -0.119. The first kappa shape index (κ1) is 21.5. The zero-order valence-corrected chi connectivity index (χ0v) is 17.4. The molecule has 3 amide bonds. The number of rotatable bonds is 8. The molecular weight excluding hydrogens is 432 g/mol. The summed E-state index contributed by atoms with van der Waals surface area (Å²) in [6.45, 7) is 0. The van der Waals surface area contributed by atoms with Crippen LogP contribution in [0.4, 0.5) is 10.5 Å². The number of primary amides is 1. The van der Waals surface area contributed by atoms with Crippen molar-refractivity contribution in [1.29, 1.82) is 0 Å². The van der Waals surface area contributed by atoms with Crippen molar-refractivity contribution in [1.82, 2.24) is 10.3 Å². The standard InChI is InChI=1S/C18H18N4O6S2/c1-27-14-5-3-2-4-12(14)22-30(25,26)11-6-7-15-13(10-11)20-18(28-15)29-9-8-16(23)21-17(19)24/h2-7,10,22H,8-9H2,1H3,(H3,19,21,23,24). The first-order chi connectivity index (χ1) is 14.3. The van der Waals surface area contributed by atoms with Gasteiger partial charge in [-0.2, -0.15) is 0 Å². The molecular formula is C18H18N4O6S2. The summed E-state index contributed by atoms with van der Waals surface area (Å²) in [7, 11) is -2.43. The minimum absolute atomic E-state index is 0.00610. The van der Waals surface area contributed by atoms with Crippen molar-refractivity contribution in [2.75, 3.05) is 17.6 Å². The van der Waals surface area contributed by atoms with Gasteiger partial charge in [0.2, 0.25) is 5.91 Å². The predicted octanol–water partition coefficient (Wildman–Crippen LogP) is 2.31. The summed E-state index contributed by atoms with van der Waals surface area (Å²) in [4.78, 5) is 26.3. The summed E-state index contributed by atoms with van der Waals surface area (Å²) in [6.07, 6.45) is 0.0365. The molecule has 0 spiro atoms. The number of carbonyl (C=O) groups excluding carboxylic acids is 2. The summed E-state index contributed by atoms with van der Waals surface area (Å²) in [5, 5.41) is 2.23. The zero-order valence-electron chi connectivity index (χ0n) is 15.7. The van der Waals surface area contributed by atoms with Crippen molar-refractivity contribution in [3.8, 4) is 5.75 Å². The average molecular weight is 450 g/mol. The maximum atomic E-state index is 12.7. The van der Waals surface area contributed by atoms with Crippen LogP contribution in [-0.2, 0) is 14.8 Å². The molecule has 0 aliphatic heterocycles. The topological polar surface area (TPSA) is 154 Å². The smallest absolute Gasteiger partial charge is 0.318 e. The van der Waals surface area contributed by atoms with Crippen molar-refractivity contribution in [3.05, 3.63) is 42.5 Å². The predicted molar refractivity (Wildman–Crippen MR) is 111 cm³/mol. The average Bonchev–Trinajstić information content (AvgIpc) is 3.09. The van der Waals surface area contributed by atoms with Gasteiger partial charge in [0.15, 0.2) is 5.58 Å². The fraction of sp³-hybridized carbons (Fsp3) is 0.167. The number of thioether (sulfide) groups is 1. The molecule has 0 unspecified atom stereocenters. The van der Waals surface area contributed by atoms with E-state index in [4.69, 9.17) is 14.9 Å². The van der Waals surface area contributed by atoms with Crippen LogP contribution in [0.25, 0.3) is 11.1 Å². The van der Waals surface area contributed by atoms with Crippen LogP contribution in [0.15, 0.2) is 57.0 Å². The monoisotopic (exact) mass is 450 g/mol. The van der Waals surface area contributed by atoms with Crippen molar-refractivity contribution in [2.24, 2.45) is 5.73 Å². The van der Waals surface area contributed by atoms with Gasteiger partial charge in [0, 0.05) is 12.2 Å². The maximum Gasteiger partial charge on any atom is 0.318 e. The Morgan fingerprint density at radius 1 is 1.23 bits per heavy atom. The highest BCUT2D eigenvalue weighted by atomic mass is 32.2. The molecule has 4 N–H and O–H groups in total. The molecule has 12 heteroatoms. The number of fused-ring (bicyclic) bond motifs is 1. The van der Waals surface area contributed by atoms with Gasteiger partial charge in [-0.05, 0) is 30.3 Å². The number of oxazole rings is 1. The van der Waals surface area contributed by atoms with Gasteiger partial charge in [0.1, 0.15) is 11.3 Å². The Balaban J connectivity index is 1.73. The van der Waals surface area contributed by atoms with Gasteiger partial charge in [-0.1, -0.05) is 23.9 Å². The number of hydrogen-bond donors (Lipinski definition) is 3. The molecule has 30 heavy (non-hydrogen) atoms. The summed E-state index contributed by atoms with van der Waals surface area (Å²) < 4.78 is 38.7. The lowest BCUT2D eigenvalue weighted by atomic mass is 10.3. The van der Waals surface area contributed by atoms with E-state index < -0.39 is 22.0 Å². The minimum Gasteiger partial charge on any atom is -0.495 e. The number of nitrogens with one attached hydrogen (secondary N) is 2. The van der Waals surface area contributed by atoms with Crippen LogP contribution in [0.1, 0.15) is 6.42 Å². The molecule has 0 bridgehead atoms. The normalized spacial score (nSPS) is 11.2. The molecule has 0 saturated heterocycles. The number of sulfonamides is 1. The Morgan fingerprint density at radius 3 is 2.73 bits per heavy atom. The van der Waals surface area contributed by atoms with Crippen molar-refractivity contribution in [3.63, 3.8) is 0 Å². The summed E-state index contributed by atoms with van der Waals surface area (Å²) >= 11 is 1.15. The summed E-state index contributed by atoms with van der Waals surface area (Å²) in [6, 6.07) is 10.0. The first-order valence-electron chi connectivity index (χ1n) is 8.57. The first-order valence-corrected chi connectivity index (χ1v) is 11.0. The molecule has 2 aromatic carbocycles. The molecule has 158 valence electrons. The van der Waals surface area contributed by atoms with E-state index >= 15 is 0 Å². The quantitative estimate of drug-likeness (QED) is 0.442. The molecule has 0 atom stereocenters. The third-order valence-corrected chi connectivity index (χ3v) is 6.01. The second kappa shape index (κ2) is 9.05. The van der Waals surface area contributed by atoms with Gasteiger partial charge in [-0.15, -0.1) is 0 Å². The van der Waals surface area contributed by atoms with Crippen LogP contribution in [0.2, 0.25) is 0 Å². The number of benzene rings is 2. The van der Waals surface area contributed by atoms with E-state index in [9.17, 15) is 18.0 Å². The molecule has 0 fully saturated rings. The van der Waals surface area contributed by atoms with Gasteiger partial charge in [-0.3, -0.25) is 14.8 Å². The molecule has 0 saturated carbocycles. The number of aromatic nitrogens is 1. The van der Waals surface area contributed by atoms with Crippen molar-refractivity contribution >= 4 is 50.5 Å². The molecule has 0 aliphatic carbocycles. The molecule has 3 aromatic rings. The molecule has 1 aromatic heterocycles. The number of imide groups is 1.